The Balaban J connectivity index is 1.62. The zero-order valence-corrected chi connectivity index (χ0v) is 16.1. The number of nitrogens with one attached hydrogen (secondary N) is 1. The Morgan fingerprint density at radius 3 is 2.73 bits per heavy atom. The average molecular weight is 394 g/mol. The summed E-state index contributed by atoms with van der Waals surface area (Å²) in [7, 11) is 1.61. The highest BCUT2D eigenvalue weighted by Crippen LogP contribution is 2.28. The second-order valence-electron chi connectivity index (χ2n) is 6.21. The molecule has 3 rings (SSSR count). The number of hydrogen-bond acceptors (Lipinski definition) is 3. The van der Waals surface area contributed by atoms with Crippen molar-refractivity contribution in [2.24, 2.45) is 0 Å². The summed E-state index contributed by atoms with van der Waals surface area (Å²) in [5.41, 5.74) is 1.84. The first-order valence-corrected chi connectivity index (χ1v) is 9.20. The zero-order valence-electron chi connectivity index (χ0n) is 14.5. The number of benzene rings is 2. The highest BCUT2D eigenvalue weighted by molar-refractivity contribution is 7.80. The normalized spacial score (nSPS) is 15.0. The zero-order chi connectivity index (χ0) is 18.5. The van der Waals surface area contributed by atoms with Gasteiger partial charge >= 0.3 is 0 Å². The topological polar surface area (TPSA) is 27.7 Å². The molecule has 0 amide bonds. The van der Waals surface area contributed by atoms with Crippen LogP contribution in [-0.4, -0.2) is 41.8 Å². The predicted molar refractivity (Wildman–Crippen MR) is 107 cm³/mol. The van der Waals surface area contributed by atoms with Crippen molar-refractivity contribution < 1.29 is 9.13 Å². The maximum Gasteiger partial charge on any atom is 0.174 e. The van der Waals surface area contributed by atoms with Crippen molar-refractivity contribution in [2.45, 2.75) is 13.0 Å². The van der Waals surface area contributed by atoms with Gasteiger partial charge in [-0.05, 0) is 54.5 Å². The maximum atomic E-state index is 13.1. The van der Waals surface area contributed by atoms with Gasteiger partial charge in [-0.15, -0.1) is 0 Å². The second kappa shape index (κ2) is 8.66. The minimum atomic E-state index is -0.213. The molecule has 1 heterocycles. The summed E-state index contributed by atoms with van der Waals surface area (Å²) in [4.78, 5) is 4.41. The number of rotatable bonds is 4. The van der Waals surface area contributed by atoms with Gasteiger partial charge in [0.2, 0.25) is 0 Å². The second-order valence-corrected chi connectivity index (χ2v) is 7.04. The highest BCUT2D eigenvalue weighted by Gasteiger charge is 2.20. The van der Waals surface area contributed by atoms with E-state index >= 15 is 0 Å². The molecule has 0 saturated carbocycles. The van der Waals surface area contributed by atoms with Gasteiger partial charge in [-0.1, -0.05) is 23.7 Å². The minimum Gasteiger partial charge on any atom is -0.495 e. The van der Waals surface area contributed by atoms with Crippen LogP contribution >= 0.6 is 23.8 Å². The standard InChI is InChI=1S/C19H21ClFN3OS/c1-25-18-8-5-15(20)11-17(18)22-19(26)24-10-2-9-23(13-24)12-14-3-6-16(21)7-4-14/h3-8,11H,2,9-10,12-13H2,1H3,(H,22,26). The summed E-state index contributed by atoms with van der Waals surface area (Å²) in [5, 5.41) is 4.49. The van der Waals surface area contributed by atoms with Crippen LogP contribution in [0.3, 0.4) is 0 Å². The summed E-state index contributed by atoms with van der Waals surface area (Å²) in [6.07, 6.45) is 1.01. The van der Waals surface area contributed by atoms with Crippen LogP contribution in [0.4, 0.5) is 10.1 Å². The van der Waals surface area contributed by atoms with Crippen molar-refractivity contribution in [1.82, 2.24) is 9.80 Å². The van der Waals surface area contributed by atoms with E-state index in [0.717, 1.165) is 37.3 Å². The van der Waals surface area contributed by atoms with Gasteiger partial charge in [0, 0.05) is 24.7 Å². The van der Waals surface area contributed by atoms with Crippen molar-refractivity contribution >= 4 is 34.6 Å². The molecule has 138 valence electrons. The van der Waals surface area contributed by atoms with E-state index in [2.05, 4.69) is 15.1 Å². The van der Waals surface area contributed by atoms with Crippen LogP contribution in [0.1, 0.15) is 12.0 Å². The average Bonchev–Trinajstić information content (AvgIpc) is 2.64. The summed E-state index contributed by atoms with van der Waals surface area (Å²) >= 11 is 11.7. The molecule has 0 atom stereocenters. The smallest absolute Gasteiger partial charge is 0.174 e. The van der Waals surface area contributed by atoms with Crippen LogP contribution in [0.2, 0.25) is 5.02 Å². The first-order valence-electron chi connectivity index (χ1n) is 8.41. The van der Waals surface area contributed by atoms with Crippen LogP contribution in [0, 0.1) is 5.82 Å². The van der Waals surface area contributed by atoms with Gasteiger partial charge in [0.1, 0.15) is 11.6 Å². The van der Waals surface area contributed by atoms with Crippen molar-refractivity contribution in [2.75, 3.05) is 32.2 Å². The number of thiocarbonyl (C=S) groups is 1. The lowest BCUT2D eigenvalue weighted by molar-refractivity contribution is 0.134. The van der Waals surface area contributed by atoms with Gasteiger partial charge in [-0.25, -0.2) is 4.39 Å². The minimum absolute atomic E-state index is 0.213. The first-order chi connectivity index (χ1) is 12.5. The SMILES string of the molecule is COc1ccc(Cl)cc1NC(=S)N1CCCN(Cc2ccc(F)cc2)C1. The lowest BCUT2D eigenvalue weighted by atomic mass is 10.2. The van der Waals surface area contributed by atoms with Crippen LogP contribution < -0.4 is 10.1 Å². The molecule has 0 unspecified atom stereocenters. The van der Waals surface area contributed by atoms with Crippen LogP contribution in [0.15, 0.2) is 42.5 Å². The van der Waals surface area contributed by atoms with E-state index < -0.39 is 0 Å². The Morgan fingerprint density at radius 1 is 1.23 bits per heavy atom. The number of hydrogen-bond donors (Lipinski definition) is 1. The molecule has 7 heteroatoms. The van der Waals surface area contributed by atoms with Gasteiger partial charge in [-0.2, -0.15) is 0 Å². The largest absolute Gasteiger partial charge is 0.495 e. The summed E-state index contributed by atoms with van der Waals surface area (Å²) < 4.78 is 18.4. The molecule has 0 aliphatic carbocycles. The van der Waals surface area contributed by atoms with Gasteiger partial charge < -0.3 is 15.0 Å². The Hall–Kier alpha value is -1.89. The molecule has 0 bridgehead atoms. The van der Waals surface area contributed by atoms with Crippen molar-refractivity contribution in [3.8, 4) is 5.75 Å². The Morgan fingerprint density at radius 2 is 2.00 bits per heavy atom. The lowest BCUT2D eigenvalue weighted by Crippen LogP contribution is -2.48. The highest BCUT2D eigenvalue weighted by atomic mass is 35.5. The number of anilines is 1. The Labute approximate surface area is 163 Å². The maximum absolute atomic E-state index is 13.1. The van der Waals surface area contributed by atoms with Crippen molar-refractivity contribution in [3.63, 3.8) is 0 Å². The lowest BCUT2D eigenvalue weighted by Gasteiger charge is -2.37. The Bertz CT molecular complexity index is 772. The van der Waals surface area contributed by atoms with Gasteiger partial charge in [0.05, 0.1) is 19.5 Å². The molecule has 0 spiro atoms. The molecule has 0 aromatic heterocycles. The van der Waals surface area contributed by atoms with Crippen LogP contribution in [-0.2, 0) is 6.54 Å². The van der Waals surface area contributed by atoms with E-state index in [0.29, 0.717) is 22.6 Å². The van der Waals surface area contributed by atoms with Gasteiger partial charge in [0.15, 0.2) is 5.11 Å². The summed E-state index contributed by atoms with van der Waals surface area (Å²) in [5.74, 6) is 0.479. The van der Waals surface area contributed by atoms with Crippen LogP contribution in [0.25, 0.3) is 0 Å². The van der Waals surface area contributed by atoms with E-state index in [1.54, 1.807) is 19.2 Å². The molecule has 1 fully saturated rings. The third kappa shape index (κ3) is 4.84. The fraction of sp³-hybridized carbons (Fsp3) is 0.316. The number of nitrogens with zero attached hydrogens (tertiary/aromatic N) is 2. The predicted octanol–water partition coefficient (Wildman–Crippen LogP) is 4.35. The van der Waals surface area contributed by atoms with Gasteiger partial charge in [-0.3, -0.25) is 4.90 Å². The third-order valence-electron chi connectivity index (χ3n) is 4.28. The molecule has 1 N–H and O–H groups in total. The first kappa shape index (κ1) is 18.9. The van der Waals surface area contributed by atoms with Gasteiger partial charge in [0.25, 0.3) is 0 Å². The molecule has 26 heavy (non-hydrogen) atoms. The molecule has 1 saturated heterocycles. The van der Waals surface area contributed by atoms with E-state index in [1.165, 1.54) is 12.1 Å². The van der Waals surface area contributed by atoms with Crippen LogP contribution in [0.5, 0.6) is 5.75 Å². The van der Waals surface area contributed by atoms with E-state index in [1.807, 2.05) is 18.2 Å². The molecule has 0 radical (unpaired) electrons. The number of methoxy groups -OCH3 is 1. The molecule has 1 aliphatic rings. The fourth-order valence-corrected chi connectivity index (χ4v) is 3.41. The number of ether oxygens (including phenoxy) is 1. The van der Waals surface area contributed by atoms with E-state index in [-0.39, 0.29) is 5.82 Å². The summed E-state index contributed by atoms with van der Waals surface area (Å²) in [6.45, 7) is 3.34. The van der Waals surface area contributed by atoms with E-state index in [9.17, 15) is 4.39 Å². The van der Waals surface area contributed by atoms with Crippen molar-refractivity contribution in [3.05, 3.63) is 58.9 Å². The number of halogens is 2. The summed E-state index contributed by atoms with van der Waals surface area (Å²) in [6, 6.07) is 12.0. The molecular weight excluding hydrogens is 373 g/mol. The molecule has 2 aromatic carbocycles. The monoisotopic (exact) mass is 393 g/mol. The Kier molecular flexibility index (Phi) is 6.29. The van der Waals surface area contributed by atoms with E-state index in [4.69, 9.17) is 28.6 Å². The molecule has 1 aliphatic heterocycles. The molecular formula is C19H21ClFN3OS. The fourth-order valence-electron chi connectivity index (χ4n) is 2.98. The molecule has 4 nitrogen and oxygen atoms in total. The molecule has 2 aromatic rings. The third-order valence-corrected chi connectivity index (χ3v) is 4.88. The van der Waals surface area contributed by atoms with Crippen molar-refractivity contribution in [1.29, 1.82) is 0 Å². The quantitative estimate of drug-likeness (QED) is 0.779.